The van der Waals surface area contributed by atoms with Gasteiger partial charge in [-0.1, -0.05) is 0 Å². The van der Waals surface area contributed by atoms with Gasteiger partial charge in [-0.25, -0.2) is 9.59 Å². The number of carbonyl (C=O) groups is 3. The van der Waals surface area contributed by atoms with Crippen LogP contribution >= 0.6 is 0 Å². The molecular formula is C24H21F9N2O7. The molecule has 0 bridgehead atoms. The molecule has 9 nitrogen and oxygen atoms in total. The minimum Gasteiger partial charge on any atom is -0.475 e. The average Bonchev–Trinajstić information content (AvgIpc) is 2.80. The molecule has 1 amide bonds. The number of nitro benzene ring substituents is 1. The Kier molecular flexibility index (Phi) is 11.1. The summed E-state index contributed by atoms with van der Waals surface area (Å²) in [6.45, 7) is 4.69. The van der Waals surface area contributed by atoms with Gasteiger partial charge in [0.15, 0.2) is 5.78 Å². The van der Waals surface area contributed by atoms with E-state index in [1.54, 1.807) is 20.8 Å². The molecule has 0 saturated carbocycles. The van der Waals surface area contributed by atoms with Crippen LogP contribution in [0, 0.1) is 10.1 Å². The van der Waals surface area contributed by atoms with Crippen LogP contribution in [0.1, 0.15) is 53.4 Å². The Morgan fingerprint density at radius 3 is 1.71 bits per heavy atom. The number of carbonyl (C=O) groups excluding carboxylic acids is 2. The van der Waals surface area contributed by atoms with Crippen LogP contribution in [0.4, 0.5) is 50.0 Å². The first-order chi connectivity index (χ1) is 18.8. The van der Waals surface area contributed by atoms with Crippen LogP contribution in [-0.2, 0) is 28.3 Å². The number of ketones is 1. The van der Waals surface area contributed by atoms with E-state index < -0.39 is 69.3 Å². The number of amides is 1. The molecule has 0 aromatic heterocycles. The summed E-state index contributed by atoms with van der Waals surface area (Å²) in [5, 5.41) is 20.8. The summed E-state index contributed by atoms with van der Waals surface area (Å²) in [6, 6.07) is 3.28. The second-order valence-electron chi connectivity index (χ2n) is 9.21. The van der Waals surface area contributed by atoms with E-state index in [2.05, 4.69) is 5.32 Å². The first-order valence-electron chi connectivity index (χ1n) is 11.2. The van der Waals surface area contributed by atoms with Gasteiger partial charge in [0.1, 0.15) is 5.60 Å². The summed E-state index contributed by atoms with van der Waals surface area (Å²) in [4.78, 5) is 44.0. The van der Waals surface area contributed by atoms with Gasteiger partial charge in [-0.05, 0) is 57.5 Å². The normalized spacial score (nSPS) is 12.1. The zero-order valence-electron chi connectivity index (χ0n) is 21.6. The Morgan fingerprint density at radius 1 is 0.857 bits per heavy atom. The SMILES string of the molecule is CC(C)(C)OC(=O)NCCc1cc(C(=O)c2cc(C(F)(F)F)cc(C(F)(F)F)c2)ccc1[N+](=O)[O-].O=C(O)C(F)(F)F. The number of nitro groups is 1. The number of aliphatic carboxylic acids is 1. The zero-order valence-corrected chi connectivity index (χ0v) is 21.6. The van der Waals surface area contributed by atoms with Gasteiger partial charge in [0.05, 0.1) is 16.1 Å². The number of hydrogen-bond acceptors (Lipinski definition) is 6. The van der Waals surface area contributed by atoms with Crippen molar-refractivity contribution in [2.24, 2.45) is 0 Å². The van der Waals surface area contributed by atoms with Crippen molar-refractivity contribution < 1.29 is 68.7 Å². The number of benzene rings is 2. The molecule has 0 aliphatic carbocycles. The number of rotatable bonds is 6. The monoisotopic (exact) mass is 620 g/mol. The summed E-state index contributed by atoms with van der Waals surface area (Å²) in [5.74, 6) is -3.95. The molecule has 0 radical (unpaired) electrons. The van der Waals surface area contributed by atoms with Crippen molar-refractivity contribution in [1.82, 2.24) is 5.32 Å². The minimum atomic E-state index is -5.15. The fourth-order valence-electron chi connectivity index (χ4n) is 2.97. The molecule has 2 N–H and O–H groups in total. The maximum atomic E-state index is 13.1. The first kappa shape index (κ1) is 35.6. The molecule has 0 atom stereocenters. The first-order valence-corrected chi connectivity index (χ1v) is 11.2. The molecule has 42 heavy (non-hydrogen) atoms. The summed E-state index contributed by atoms with van der Waals surface area (Å²) < 4.78 is 115. The summed E-state index contributed by atoms with van der Waals surface area (Å²) >= 11 is 0. The highest BCUT2D eigenvalue weighted by Gasteiger charge is 2.39. The average molecular weight is 620 g/mol. The number of alkyl carbamates (subject to hydrolysis) is 1. The lowest BCUT2D eigenvalue weighted by atomic mass is 9.96. The Hall–Kier alpha value is -4.38. The smallest absolute Gasteiger partial charge is 0.475 e. The van der Waals surface area contributed by atoms with Crippen molar-refractivity contribution in [3.8, 4) is 0 Å². The summed E-state index contributed by atoms with van der Waals surface area (Å²) in [7, 11) is 0. The van der Waals surface area contributed by atoms with E-state index in [0.717, 1.165) is 18.2 Å². The highest BCUT2D eigenvalue weighted by Crippen LogP contribution is 2.37. The van der Waals surface area contributed by atoms with E-state index in [-0.39, 0.29) is 42.3 Å². The van der Waals surface area contributed by atoms with Crippen molar-refractivity contribution in [2.45, 2.75) is 51.3 Å². The van der Waals surface area contributed by atoms with E-state index in [0.29, 0.717) is 0 Å². The van der Waals surface area contributed by atoms with Gasteiger partial charge in [-0.2, -0.15) is 39.5 Å². The second kappa shape index (κ2) is 13.1. The Bertz CT molecular complexity index is 1300. The van der Waals surface area contributed by atoms with Gasteiger partial charge < -0.3 is 15.2 Å². The van der Waals surface area contributed by atoms with Crippen molar-refractivity contribution >= 4 is 23.5 Å². The third-order valence-corrected chi connectivity index (χ3v) is 4.69. The number of ether oxygens (including phenoxy) is 1. The molecule has 2 aromatic rings. The molecule has 2 rings (SSSR count). The highest BCUT2D eigenvalue weighted by molar-refractivity contribution is 6.09. The molecule has 232 valence electrons. The molecule has 0 aliphatic rings. The van der Waals surface area contributed by atoms with Gasteiger partial charge in [-0.15, -0.1) is 0 Å². The summed E-state index contributed by atoms with van der Waals surface area (Å²) in [5.41, 5.74) is -5.91. The topological polar surface area (TPSA) is 136 Å². The number of nitrogens with zero attached hydrogens (tertiary/aromatic N) is 1. The molecular weight excluding hydrogens is 599 g/mol. The van der Waals surface area contributed by atoms with Gasteiger partial charge in [-0.3, -0.25) is 14.9 Å². The van der Waals surface area contributed by atoms with Gasteiger partial charge in [0, 0.05) is 29.3 Å². The molecule has 0 aliphatic heterocycles. The van der Waals surface area contributed by atoms with Crippen molar-refractivity contribution in [3.05, 3.63) is 74.3 Å². The van der Waals surface area contributed by atoms with Gasteiger partial charge >= 0.3 is 30.6 Å². The maximum absolute atomic E-state index is 13.1. The van der Waals surface area contributed by atoms with E-state index in [1.165, 1.54) is 0 Å². The van der Waals surface area contributed by atoms with Crippen LogP contribution < -0.4 is 5.32 Å². The third-order valence-electron chi connectivity index (χ3n) is 4.69. The van der Waals surface area contributed by atoms with Crippen LogP contribution in [0.15, 0.2) is 36.4 Å². The Labute approximate surface area is 230 Å². The lowest BCUT2D eigenvalue weighted by Crippen LogP contribution is -2.33. The molecule has 18 heteroatoms. The minimum absolute atomic E-state index is 0.0695. The Morgan fingerprint density at radius 2 is 1.33 bits per heavy atom. The van der Waals surface area contributed by atoms with Crippen molar-refractivity contribution in [3.63, 3.8) is 0 Å². The van der Waals surface area contributed by atoms with Gasteiger partial charge in [0.2, 0.25) is 0 Å². The third kappa shape index (κ3) is 11.2. The van der Waals surface area contributed by atoms with Crippen molar-refractivity contribution in [2.75, 3.05) is 6.54 Å². The lowest BCUT2D eigenvalue weighted by molar-refractivity contribution is -0.385. The number of nitrogens with one attached hydrogen (secondary N) is 1. The number of carboxylic acid groups (broad SMARTS) is 1. The van der Waals surface area contributed by atoms with E-state index in [4.69, 9.17) is 14.6 Å². The van der Waals surface area contributed by atoms with Crippen LogP contribution in [0.5, 0.6) is 0 Å². The molecule has 0 heterocycles. The fourth-order valence-corrected chi connectivity index (χ4v) is 2.97. The largest absolute Gasteiger partial charge is 0.490 e. The fraction of sp³-hybridized carbons (Fsp3) is 0.375. The molecule has 2 aromatic carbocycles. The Balaban J connectivity index is 0.00000112. The number of carboxylic acids is 1. The van der Waals surface area contributed by atoms with E-state index in [9.17, 15) is 59.2 Å². The molecule has 0 saturated heterocycles. The lowest BCUT2D eigenvalue weighted by Gasteiger charge is -2.19. The number of halogens is 9. The quantitative estimate of drug-likeness (QED) is 0.162. The predicted molar refractivity (Wildman–Crippen MR) is 125 cm³/mol. The van der Waals surface area contributed by atoms with Crippen LogP contribution in [0.25, 0.3) is 0 Å². The standard InChI is InChI=1S/C22H20F6N2O5.C2HF3O2/c1-20(2,3)35-19(32)29-7-6-12-8-13(4-5-17(12)30(33)34)18(31)14-9-15(21(23,24)25)11-16(10-14)22(26,27)28;3-2(4,5)1(6)7/h4-5,8-11H,6-7H2,1-3H3,(H,29,32);(H,6,7). The maximum Gasteiger partial charge on any atom is 0.490 e. The van der Waals surface area contributed by atoms with E-state index in [1.807, 2.05) is 0 Å². The molecule has 0 unspecified atom stereocenters. The number of hydrogen-bond donors (Lipinski definition) is 2. The summed E-state index contributed by atoms with van der Waals surface area (Å²) in [6.07, 6.45) is -16.4. The van der Waals surface area contributed by atoms with Crippen LogP contribution in [-0.4, -0.2) is 46.2 Å². The van der Waals surface area contributed by atoms with Gasteiger partial charge in [0.25, 0.3) is 5.69 Å². The van der Waals surface area contributed by atoms with Crippen LogP contribution in [0.2, 0.25) is 0 Å². The predicted octanol–water partition coefficient (Wildman–Crippen LogP) is 6.56. The molecule has 0 fully saturated rings. The van der Waals surface area contributed by atoms with Crippen molar-refractivity contribution in [1.29, 1.82) is 0 Å². The highest BCUT2D eigenvalue weighted by atomic mass is 19.4. The second-order valence-corrected chi connectivity index (χ2v) is 9.21. The van der Waals surface area contributed by atoms with E-state index >= 15 is 0 Å². The number of alkyl halides is 9. The van der Waals surface area contributed by atoms with Crippen LogP contribution in [0.3, 0.4) is 0 Å². The zero-order chi connectivity index (χ0) is 32.8. The molecule has 0 spiro atoms.